The monoisotopic (exact) mass is 278 g/mol. The van der Waals surface area contributed by atoms with Crippen LogP contribution in [-0.4, -0.2) is 5.78 Å². The number of ketones is 1. The Morgan fingerprint density at radius 2 is 1.80 bits per heavy atom. The SMILES string of the molecule is O=C1C=c2c(Cl)c3ccc4ccccc4c3cc2=CC1. The lowest BCUT2D eigenvalue weighted by molar-refractivity contribution is -0.112. The van der Waals surface area contributed by atoms with Crippen molar-refractivity contribution < 1.29 is 4.79 Å². The predicted octanol–water partition coefficient (Wildman–Crippen LogP) is 3.18. The van der Waals surface area contributed by atoms with E-state index >= 15 is 0 Å². The van der Waals surface area contributed by atoms with Crippen LogP contribution in [0.5, 0.6) is 0 Å². The van der Waals surface area contributed by atoms with Crippen molar-refractivity contribution in [2.24, 2.45) is 0 Å². The number of rotatable bonds is 0. The molecule has 0 saturated heterocycles. The van der Waals surface area contributed by atoms with Gasteiger partial charge in [-0.3, -0.25) is 4.79 Å². The molecule has 0 bridgehead atoms. The Bertz CT molecular complexity index is 999. The van der Waals surface area contributed by atoms with Gasteiger partial charge in [-0.1, -0.05) is 54.1 Å². The number of carbonyl (C=O) groups is 1. The highest BCUT2D eigenvalue weighted by Crippen LogP contribution is 2.27. The van der Waals surface area contributed by atoms with Crippen LogP contribution in [0.3, 0.4) is 0 Å². The number of hydrogen-bond donors (Lipinski definition) is 0. The Hall–Kier alpha value is -2.12. The zero-order valence-electron chi connectivity index (χ0n) is 10.7. The summed E-state index contributed by atoms with van der Waals surface area (Å²) in [4.78, 5) is 11.6. The fraction of sp³-hybridized carbons (Fsp3) is 0.0556. The van der Waals surface area contributed by atoms with Crippen molar-refractivity contribution in [2.45, 2.75) is 6.42 Å². The lowest BCUT2D eigenvalue weighted by atomic mass is 9.98. The molecule has 20 heavy (non-hydrogen) atoms. The smallest absolute Gasteiger partial charge is 0.160 e. The molecule has 96 valence electrons. The van der Waals surface area contributed by atoms with Crippen LogP contribution in [-0.2, 0) is 4.79 Å². The second kappa shape index (κ2) is 4.19. The molecular formula is C18H11ClO. The normalized spacial score (nSPS) is 13.9. The summed E-state index contributed by atoms with van der Waals surface area (Å²) in [5.41, 5.74) is 0. The van der Waals surface area contributed by atoms with E-state index in [1.54, 1.807) is 6.08 Å². The van der Waals surface area contributed by atoms with Gasteiger partial charge in [0.2, 0.25) is 0 Å². The molecule has 0 fully saturated rings. The van der Waals surface area contributed by atoms with Gasteiger partial charge < -0.3 is 0 Å². The Labute approximate surface area is 120 Å². The largest absolute Gasteiger partial charge is 0.294 e. The Kier molecular flexibility index (Phi) is 2.45. The molecule has 1 aliphatic rings. The zero-order valence-corrected chi connectivity index (χ0v) is 11.4. The minimum Gasteiger partial charge on any atom is -0.294 e. The molecule has 1 nitrogen and oxygen atoms in total. The maximum atomic E-state index is 11.6. The van der Waals surface area contributed by atoms with Crippen molar-refractivity contribution in [3.05, 3.63) is 57.9 Å². The molecule has 0 aliphatic heterocycles. The summed E-state index contributed by atoms with van der Waals surface area (Å²) in [6, 6.07) is 14.5. The summed E-state index contributed by atoms with van der Waals surface area (Å²) in [6.45, 7) is 0. The molecule has 0 amide bonds. The summed E-state index contributed by atoms with van der Waals surface area (Å²) in [5.74, 6) is 0.111. The van der Waals surface area contributed by atoms with Gasteiger partial charge in [0, 0.05) is 17.0 Å². The van der Waals surface area contributed by atoms with E-state index in [2.05, 4.69) is 24.3 Å². The van der Waals surface area contributed by atoms with E-state index in [1.807, 2.05) is 24.3 Å². The molecule has 0 saturated carbocycles. The highest BCUT2D eigenvalue weighted by Gasteiger charge is 2.10. The predicted molar refractivity (Wildman–Crippen MR) is 84.3 cm³/mol. The van der Waals surface area contributed by atoms with Crippen LogP contribution in [0, 0.1) is 0 Å². The third-order valence-electron chi connectivity index (χ3n) is 3.88. The molecule has 0 aromatic heterocycles. The number of carbonyl (C=O) groups excluding carboxylic acids is 1. The van der Waals surface area contributed by atoms with Crippen LogP contribution in [0.1, 0.15) is 6.42 Å². The summed E-state index contributed by atoms with van der Waals surface area (Å²) >= 11 is 6.52. The van der Waals surface area contributed by atoms with Crippen molar-refractivity contribution in [2.75, 3.05) is 0 Å². The average molecular weight is 279 g/mol. The van der Waals surface area contributed by atoms with Crippen molar-refractivity contribution in [1.29, 1.82) is 0 Å². The van der Waals surface area contributed by atoms with E-state index in [-0.39, 0.29) is 5.78 Å². The van der Waals surface area contributed by atoms with Crippen molar-refractivity contribution >= 4 is 51.1 Å². The van der Waals surface area contributed by atoms with Gasteiger partial charge in [-0.2, -0.15) is 0 Å². The van der Waals surface area contributed by atoms with Gasteiger partial charge in [0.25, 0.3) is 0 Å². The Balaban J connectivity index is 2.29. The Morgan fingerprint density at radius 1 is 0.950 bits per heavy atom. The molecule has 3 aromatic rings. The standard InChI is InChI=1S/C18H11ClO/c19-18-15-8-6-11-3-1-2-4-14(11)17(15)9-12-5-7-13(20)10-16(12)18/h1-6,8-10H,7H2. The average Bonchev–Trinajstić information content (AvgIpc) is 2.48. The fourth-order valence-corrected chi connectivity index (χ4v) is 3.22. The number of fused-ring (bicyclic) bond motifs is 4. The molecular weight excluding hydrogens is 268 g/mol. The number of Topliss-reactive ketones (excluding diaryl/α,β-unsaturated/α-hetero) is 1. The molecule has 0 N–H and O–H groups in total. The lowest BCUT2D eigenvalue weighted by Gasteiger charge is -2.09. The lowest BCUT2D eigenvalue weighted by Crippen LogP contribution is -2.30. The second-order valence-corrected chi connectivity index (χ2v) is 5.47. The van der Waals surface area contributed by atoms with Crippen LogP contribution in [0.25, 0.3) is 33.7 Å². The molecule has 2 heteroatoms. The van der Waals surface area contributed by atoms with E-state index in [1.165, 1.54) is 10.8 Å². The molecule has 3 aromatic carbocycles. The number of halogens is 1. The molecule has 4 rings (SSSR count). The summed E-state index contributed by atoms with van der Waals surface area (Å²) in [7, 11) is 0. The Morgan fingerprint density at radius 3 is 2.70 bits per heavy atom. The quantitative estimate of drug-likeness (QED) is 0.577. The first-order chi connectivity index (χ1) is 9.74. The van der Waals surface area contributed by atoms with E-state index < -0.39 is 0 Å². The topological polar surface area (TPSA) is 17.1 Å². The van der Waals surface area contributed by atoms with Gasteiger partial charge in [0.1, 0.15) is 0 Å². The second-order valence-electron chi connectivity index (χ2n) is 5.09. The van der Waals surface area contributed by atoms with Crippen molar-refractivity contribution in [1.82, 2.24) is 0 Å². The van der Waals surface area contributed by atoms with Crippen molar-refractivity contribution in [3.8, 4) is 0 Å². The van der Waals surface area contributed by atoms with Gasteiger partial charge in [0.15, 0.2) is 5.78 Å². The van der Waals surface area contributed by atoms with Gasteiger partial charge in [-0.05, 0) is 33.5 Å². The van der Waals surface area contributed by atoms with E-state index in [4.69, 9.17) is 11.6 Å². The van der Waals surface area contributed by atoms with Crippen LogP contribution >= 0.6 is 11.6 Å². The van der Waals surface area contributed by atoms with Crippen LogP contribution in [0.15, 0.2) is 42.5 Å². The van der Waals surface area contributed by atoms with Gasteiger partial charge in [0.05, 0.1) is 5.02 Å². The van der Waals surface area contributed by atoms with E-state index in [0.29, 0.717) is 11.4 Å². The highest BCUT2D eigenvalue weighted by molar-refractivity contribution is 6.37. The first-order valence-electron chi connectivity index (χ1n) is 6.59. The van der Waals surface area contributed by atoms with Crippen molar-refractivity contribution in [3.63, 3.8) is 0 Å². The van der Waals surface area contributed by atoms with E-state index in [0.717, 1.165) is 21.2 Å². The van der Waals surface area contributed by atoms with Crippen LogP contribution in [0.4, 0.5) is 0 Å². The van der Waals surface area contributed by atoms with Gasteiger partial charge in [-0.15, -0.1) is 0 Å². The molecule has 0 spiro atoms. The fourth-order valence-electron chi connectivity index (χ4n) is 2.89. The summed E-state index contributed by atoms with van der Waals surface area (Å²) in [6.07, 6.45) is 4.08. The first-order valence-corrected chi connectivity index (χ1v) is 6.96. The zero-order chi connectivity index (χ0) is 13.7. The van der Waals surface area contributed by atoms with E-state index in [9.17, 15) is 4.79 Å². The third-order valence-corrected chi connectivity index (χ3v) is 4.29. The maximum absolute atomic E-state index is 11.6. The third kappa shape index (κ3) is 1.60. The first kappa shape index (κ1) is 11.7. The van der Waals surface area contributed by atoms with Crippen LogP contribution < -0.4 is 10.4 Å². The van der Waals surface area contributed by atoms with Gasteiger partial charge >= 0.3 is 0 Å². The molecule has 0 atom stereocenters. The summed E-state index contributed by atoms with van der Waals surface area (Å²) in [5, 5.41) is 7.12. The minimum absolute atomic E-state index is 0.111. The summed E-state index contributed by atoms with van der Waals surface area (Å²) < 4.78 is 0. The molecule has 0 heterocycles. The maximum Gasteiger partial charge on any atom is 0.160 e. The molecule has 0 radical (unpaired) electrons. The molecule has 0 unspecified atom stereocenters. The van der Waals surface area contributed by atoms with Gasteiger partial charge in [-0.25, -0.2) is 0 Å². The number of benzene rings is 3. The number of hydrogen-bond acceptors (Lipinski definition) is 1. The highest BCUT2D eigenvalue weighted by atomic mass is 35.5. The minimum atomic E-state index is 0.111. The molecule has 1 aliphatic carbocycles. The van der Waals surface area contributed by atoms with Crippen LogP contribution in [0.2, 0.25) is 5.02 Å².